The molecule has 0 spiro atoms. The van der Waals surface area contributed by atoms with Crippen LogP contribution < -0.4 is 9.47 Å². The van der Waals surface area contributed by atoms with Gasteiger partial charge in [-0.1, -0.05) is 36.9 Å². The number of carbonyl (C=O) groups is 1. The third-order valence-electron chi connectivity index (χ3n) is 4.57. The summed E-state index contributed by atoms with van der Waals surface area (Å²) in [5.41, 5.74) is 2.67. The number of methoxy groups -OCH3 is 1. The predicted molar refractivity (Wildman–Crippen MR) is 125 cm³/mol. The van der Waals surface area contributed by atoms with Gasteiger partial charge in [-0.2, -0.15) is 0 Å². The van der Waals surface area contributed by atoms with Crippen LogP contribution in [0.15, 0.2) is 97.9 Å². The first-order chi connectivity index (χ1) is 16.4. The molecule has 7 heteroatoms. The summed E-state index contributed by atoms with van der Waals surface area (Å²) in [5, 5.41) is 0. The fourth-order valence-corrected chi connectivity index (χ4v) is 2.87. The third-order valence-corrected chi connectivity index (χ3v) is 4.57. The molecule has 0 aliphatic rings. The molecule has 0 saturated heterocycles. The summed E-state index contributed by atoms with van der Waals surface area (Å²) in [6, 6.07) is 16.0. The largest absolute Gasteiger partial charge is 0.501 e. The first-order valence-electron chi connectivity index (χ1n) is 10.1. The van der Waals surface area contributed by atoms with E-state index in [1.54, 1.807) is 42.5 Å². The summed E-state index contributed by atoms with van der Waals surface area (Å²) in [6.45, 7) is 4.98. The second-order valence-electron chi connectivity index (χ2n) is 7.07. The average Bonchev–Trinajstić information content (AvgIpc) is 2.83. The van der Waals surface area contributed by atoms with Crippen molar-refractivity contribution in [3.8, 4) is 33.8 Å². The van der Waals surface area contributed by atoms with Gasteiger partial charge in [0.05, 0.1) is 7.11 Å². The lowest BCUT2D eigenvalue weighted by Gasteiger charge is -2.09. The van der Waals surface area contributed by atoms with Crippen molar-refractivity contribution in [1.29, 1.82) is 0 Å². The molecule has 3 rings (SSSR count). The molecule has 0 atom stereocenters. The van der Waals surface area contributed by atoms with E-state index in [0.717, 1.165) is 18.1 Å². The highest BCUT2D eigenvalue weighted by molar-refractivity contribution is 5.87. The fourth-order valence-electron chi connectivity index (χ4n) is 2.87. The van der Waals surface area contributed by atoms with Gasteiger partial charge in [-0.05, 0) is 47.9 Å². The Labute approximate surface area is 196 Å². The number of hydrogen-bond acceptors (Lipinski definition) is 5. The molecule has 0 saturated carbocycles. The van der Waals surface area contributed by atoms with Gasteiger partial charge in [0.25, 0.3) is 0 Å². The number of benzene rings is 3. The third kappa shape index (κ3) is 6.32. The van der Waals surface area contributed by atoms with Crippen LogP contribution in [-0.4, -0.2) is 13.1 Å². The Morgan fingerprint density at radius 1 is 0.794 bits per heavy atom. The van der Waals surface area contributed by atoms with E-state index >= 15 is 0 Å². The second-order valence-corrected chi connectivity index (χ2v) is 7.07. The molecule has 0 N–H and O–H groups in total. The van der Waals surface area contributed by atoms with Crippen molar-refractivity contribution in [2.75, 3.05) is 7.11 Å². The quantitative estimate of drug-likeness (QED) is 0.199. The van der Waals surface area contributed by atoms with Crippen LogP contribution in [0.1, 0.15) is 6.92 Å². The Kier molecular flexibility index (Phi) is 8.18. The van der Waals surface area contributed by atoms with Crippen LogP contribution in [0.4, 0.5) is 8.78 Å². The van der Waals surface area contributed by atoms with Crippen molar-refractivity contribution in [1.82, 2.24) is 0 Å². The van der Waals surface area contributed by atoms with E-state index in [1.165, 1.54) is 44.8 Å². The van der Waals surface area contributed by atoms with Gasteiger partial charge in [-0.15, -0.1) is 0 Å². The molecule has 34 heavy (non-hydrogen) atoms. The van der Waals surface area contributed by atoms with E-state index in [9.17, 15) is 13.6 Å². The van der Waals surface area contributed by atoms with Gasteiger partial charge in [0.2, 0.25) is 0 Å². The molecule has 0 aliphatic heterocycles. The zero-order chi connectivity index (χ0) is 24.5. The molecular weight excluding hydrogens is 442 g/mol. The summed E-state index contributed by atoms with van der Waals surface area (Å²) in [5.74, 6) is -1.29. The molecule has 0 bridgehead atoms. The van der Waals surface area contributed by atoms with E-state index < -0.39 is 17.6 Å². The Bertz CT molecular complexity index is 1230. The Hall–Kier alpha value is -4.39. The zero-order valence-electron chi connectivity index (χ0n) is 18.6. The summed E-state index contributed by atoms with van der Waals surface area (Å²) in [7, 11) is 1.46. The standard InChI is InChI=1S/C27H22F2O5/c1-18(2)27(30)34-15-14-32-22-9-10-23(24(28)17-22)20-6-4-19(5-7-20)21-8-11-26(25(29)16-21)33-13-12-31-3/h4-17H,1H2,2-3H3/b13-12-,15-14-. The van der Waals surface area contributed by atoms with Crippen molar-refractivity contribution in [3.63, 3.8) is 0 Å². The normalized spacial score (nSPS) is 10.9. The Morgan fingerprint density at radius 2 is 1.47 bits per heavy atom. The molecule has 3 aromatic rings. The molecule has 0 amide bonds. The highest BCUT2D eigenvalue weighted by atomic mass is 19.1. The minimum atomic E-state index is -0.587. The highest BCUT2D eigenvalue weighted by Gasteiger charge is 2.09. The maximum absolute atomic E-state index is 14.6. The van der Waals surface area contributed by atoms with E-state index in [1.807, 2.05) is 0 Å². The van der Waals surface area contributed by atoms with Crippen LogP contribution in [0.2, 0.25) is 0 Å². The highest BCUT2D eigenvalue weighted by Crippen LogP contribution is 2.30. The van der Waals surface area contributed by atoms with Crippen molar-refractivity contribution < 1.29 is 32.5 Å². The number of rotatable bonds is 9. The SMILES string of the molecule is C=C(C)C(=O)O/C=C\Oc1ccc(-c2ccc(-c3ccc(O/C=C\OC)c(F)c3)cc2)c(F)c1. The predicted octanol–water partition coefficient (Wildman–Crippen LogP) is 6.76. The summed E-state index contributed by atoms with van der Waals surface area (Å²) < 4.78 is 48.8. The molecule has 5 nitrogen and oxygen atoms in total. The Morgan fingerprint density at radius 3 is 2.12 bits per heavy atom. The molecule has 0 fully saturated rings. The number of hydrogen-bond donors (Lipinski definition) is 0. The molecule has 0 heterocycles. The van der Waals surface area contributed by atoms with Gasteiger partial charge in [-0.25, -0.2) is 13.6 Å². The lowest BCUT2D eigenvalue weighted by molar-refractivity contribution is -0.133. The first-order valence-corrected chi connectivity index (χ1v) is 10.1. The molecule has 0 aliphatic carbocycles. The molecule has 0 aromatic heterocycles. The summed E-state index contributed by atoms with van der Waals surface area (Å²) in [4.78, 5) is 11.3. The lowest BCUT2D eigenvalue weighted by Crippen LogP contribution is -1.99. The van der Waals surface area contributed by atoms with Crippen LogP contribution in [-0.2, 0) is 14.3 Å². The maximum Gasteiger partial charge on any atom is 0.338 e. The van der Waals surface area contributed by atoms with Crippen LogP contribution in [0, 0.1) is 11.6 Å². The van der Waals surface area contributed by atoms with Gasteiger partial charge in [0.15, 0.2) is 11.6 Å². The minimum absolute atomic E-state index is 0.0712. The molecule has 3 aromatic carbocycles. The van der Waals surface area contributed by atoms with Gasteiger partial charge in [-0.3, -0.25) is 0 Å². The monoisotopic (exact) mass is 464 g/mol. The number of ether oxygens (including phenoxy) is 4. The molecular formula is C27H22F2O5. The van der Waals surface area contributed by atoms with Crippen molar-refractivity contribution in [2.45, 2.75) is 6.92 Å². The van der Waals surface area contributed by atoms with Crippen LogP contribution >= 0.6 is 0 Å². The first kappa shape index (κ1) is 24.3. The summed E-state index contributed by atoms with van der Waals surface area (Å²) >= 11 is 0. The Balaban J connectivity index is 1.69. The van der Waals surface area contributed by atoms with E-state index in [0.29, 0.717) is 16.7 Å². The number of carbonyl (C=O) groups excluding carboxylic acids is 1. The van der Waals surface area contributed by atoms with Gasteiger partial charge >= 0.3 is 5.97 Å². The van der Waals surface area contributed by atoms with Crippen LogP contribution in [0.3, 0.4) is 0 Å². The maximum atomic E-state index is 14.6. The van der Waals surface area contributed by atoms with E-state index in [4.69, 9.17) is 18.9 Å². The van der Waals surface area contributed by atoms with Crippen molar-refractivity contribution in [2.24, 2.45) is 0 Å². The van der Waals surface area contributed by atoms with Crippen LogP contribution in [0.25, 0.3) is 22.3 Å². The second kappa shape index (κ2) is 11.5. The van der Waals surface area contributed by atoms with Gasteiger partial charge in [0.1, 0.15) is 36.6 Å². The van der Waals surface area contributed by atoms with Crippen LogP contribution in [0.5, 0.6) is 11.5 Å². The lowest BCUT2D eigenvalue weighted by atomic mass is 10.00. The van der Waals surface area contributed by atoms with Crippen molar-refractivity contribution in [3.05, 3.63) is 109 Å². The zero-order valence-corrected chi connectivity index (χ0v) is 18.6. The molecule has 174 valence electrons. The van der Waals surface area contributed by atoms with E-state index in [-0.39, 0.29) is 17.1 Å². The smallest absolute Gasteiger partial charge is 0.338 e. The number of halogens is 2. The minimum Gasteiger partial charge on any atom is -0.501 e. The van der Waals surface area contributed by atoms with Gasteiger partial charge in [0, 0.05) is 17.2 Å². The summed E-state index contributed by atoms with van der Waals surface area (Å²) in [6.07, 6.45) is 4.72. The van der Waals surface area contributed by atoms with Gasteiger partial charge < -0.3 is 18.9 Å². The fraction of sp³-hybridized carbons (Fsp3) is 0.0741. The topological polar surface area (TPSA) is 54.0 Å². The number of esters is 1. The van der Waals surface area contributed by atoms with E-state index in [2.05, 4.69) is 6.58 Å². The molecule has 0 unspecified atom stereocenters. The average molecular weight is 464 g/mol. The molecule has 0 radical (unpaired) electrons. The van der Waals surface area contributed by atoms with Crippen molar-refractivity contribution >= 4 is 5.97 Å².